The summed E-state index contributed by atoms with van der Waals surface area (Å²) in [5, 5.41) is 2.26. The molecule has 0 aliphatic carbocycles. The number of rotatable bonds is 2. The van der Waals surface area contributed by atoms with Gasteiger partial charge in [-0.3, -0.25) is 10.5 Å². The van der Waals surface area contributed by atoms with Crippen LogP contribution in [0.2, 0.25) is 0 Å². The van der Waals surface area contributed by atoms with Crippen LogP contribution in [0.3, 0.4) is 0 Å². The lowest BCUT2D eigenvalue weighted by Crippen LogP contribution is -2.01. The second-order valence-electron chi connectivity index (χ2n) is 1.77. The average Bonchev–Trinajstić information content (AvgIpc) is 2.13. The predicted octanol–water partition coefficient (Wildman–Crippen LogP) is 0.0773. The van der Waals surface area contributed by atoms with E-state index in [1.54, 1.807) is 5.38 Å². The smallest absolute Gasteiger partial charge is 0.245 e. The second-order valence-corrected chi connectivity index (χ2v) is 2.71. The van der Waals surface area contributed by atoms with Gasteiger partial charge in [-0.25, -0.2) is 4.98 Å². The topological polar surface area (TPSA) is 79.8 Å². The third-order valence-corrected chi connectivity index (χ3v) is 1.75. The summed E-state index contributed by atoms with van der Waals surface area (Å²) in [5.41, 5.74) is 11.9. The molecule has 0 spiro atoms. The monoisotopic (exact) mass is 156 g/mol. The minimum absolute atomic E-state index is 0.0713. The Morgan fingerprint density at radius 2 is 2.60 bits per heavy atom. The maximum absolute atomic E-state index is 10.2. The maximum Gasteiger partial charge on any atom is 0.245 e. The van der Waals surface area contributed by atoms with E-state index < -0.39 is 5.91 Å². The quantitative estimate of drug-likeness (QED) is 0.658. The van der Waals surface area contributed by atoms with Gasteiger partial charge in [0.1, 0.15) is 10.8 Å². The molecule has 1 aromatic heterocycles. The molecular formula is C5H6N3OS. The van der Waals surface area contributed by atoms with E-state index in [0.29, 0.717) is 10.8 Å². The number of carbonyl (C=O) groups is 1. The highest BCUT2D eigenvalue weighted by Crippen LogP contribution is 2.10. The zero-order chi connectivity index (χ0) is 7.56. The van der Waals surface area contributed by atoms with E-state index in [1.807, 2.05) is 0 Å². The fraction of sp³-hybridized carbons (Fsp3) is 0.200. The molecular weight excluding hydrogens is 150 g/mol. The van der Waals surface area contributed by atoms with Crippen LogP contribution in [0.1, 0.15) is 5.01 Å². The summed E-state index contributed by atoms with van der Waals surface area (Å²) < 4.78 is 0. The first-order valence-electron chi connectivity index (χ1n) is 2.63. The van der Waals surface area contributed by atoms with Crippen molar-refractivity contribution in [2.45, 2.75) is 6.42 Å². The summed E-state index contributed by atoms with van der Waals surface area (Å²) in [6.45, 7) is 0. The Morgan fingerprint density at radius 3 is 3.00 bits per heavy atom. The summed E-state index contributed by atoms with van der Waals surface area (Å²) >= 11 is 1.30. The summed E-state index contributed by atoms with van der Waals surface area (Å²) in [6.07, 6.45) is 0.0713. The van der Waals surface area contributed by atoms with E-state index in [1.165, 1.54) is 11.3 Å². The van der Waals surface area contributed by atoms with E-state index in [0.717, 1.165) is 0 Å². The lowest BCUT2D eigenvalue weighted by Gasteiger charge is -1.84. The molecule has 0 aliphatic heterocycles. The van der Waals surface area contributed by atoms with E-state index in [9.17, 15) is 4.79 Å². The number of nitrogens with two attached hydrogens (primary N) is 1. The van der Waals surface area contributed by atoms with Crippen LogP contribution in [0.5, 0.6) is 0 Å². The number of nitrogens with zero attached hydrogens (tertiary/aromatic N) is 1. The standard InChI is InChI=1S/C5H6N3OS/c6-3-2-10-5(8-3)1-4(7)9/h2,7H,1,6H2. The fourth-order valence-corrected chi connectivity index (χ4v) is 1.23. The van der Waals surface area contributed by atoms with Crippen molar-refractivity contribution in [2.75, 3.05) is 5.73 Å². The van der Waals surface area contributed by atoms with Crippen molar-refractivity contribution in [3.8, 4) is 0 Å². The number of hydrogen-bond acceptors (Lipinski definition) is 4. The summed E-state index contributed by atoms with van der Waals surface area (Å²) in [4.78, 5) is 14.0. The van der Waals surface area contributed by atoms with E-state index >= 15 is 0 Å². The van der Waals surface area contributed by atoms with E-state index in [-0.39, 0.29) is 6.42 Å². The molecule has 0 atom stereocenters. The Labute approximate surface area is 61.9 Å². The first-order chi connectivity index (χ1) is 4.68. The van der Waals surface area contributed by atoms with Gasteiger partial charge in [-0.05, 0) is 0 Å². The first-order valence-corrected chi connectivity index (χ1v) is 3.51. The van der Waals surface area contributed by atoms with E-state index in [4.69, 9.17) is 11.5 Å². The molecule has 0 fully saturated rings. The molecule has 1 amide bonds. The number of nitrogens with one attached hydrogen (secondary N) is 1. The molecule has 0 aromatic carbocycles. The van der Waals surface area contributed by atoms with Gasteiger partial charge in [0.2, 0.25) is 5.91 Å². The molecule has 0 unspecified atom stereocenters. The van der Waals surface area contributed by atoms with Crippen molar-refractivity contribution in [2.24, 2.45) is 0 Å². The average molecular weight is 156 g/mol. The van der Waals surface area contributed by atoms with Crippen LogP contribution in [0.15, 0.2) is 5.38 Å². The van der Waals surface area contributed by atoms with Crippen molar-refractivity contribution in [3.05, 3.63) is 10.4 Å². The SMILES string of the molecule is [NH]C(=O)Cc1nc(N)cs1. The van der Waals surface area contributed by atoms with Gasteiger partial charge < -0.3 is 5.73 Å². The number of aromatic nitrogens is 1. The van der Waals surface area contributed by atoms with Crippen molar-refractivity contribution in [1.29, 1.82) is 0 Å². The number of hydrogen-bond donors (Lipinski definition) is 1. The van der Waals surface area contributed by atoms with Crippen molar-refractivity contribution >= 4 is 23.1 Å². The lowest BCUT2D eigenvalue weighted by molar-refractivity contribution is -0.118. The third kappa shape index (κ3) is 1.70. The van der Waals surface area contributed by atoms with Gasteiger partial charge in [0, 0.05) is 5.38 Å². The Morgan fingerprint density at radius 1 is 1.90 bits per heavy atom. The Hall–Kier alpha value is -1.10. The van der Waals surface area contributed by atoms with Crippen molar-refractivity contribution in [3.63, 3.8) is 0 Å². The van der Waals surface area contributed by atoms with E-state index in [2.05, 4.69) is 4.98 Å². The van der Waals surface area contributed by atoms with Gasteiger partial charge >= 0.3 is 0 Å². The zero-order valence-electron chi connectivity index (χ0n) is 5.13. The van der Waals surface area contributed by atoms with Crippen LogP contribution in [-0.4, -0.2) is 10.9 Å². The highest BCUT2D eigenvalue weighted by atomic mass is 32.1. The molecule has 1 heterocycles. The number of carbonyl (C=O) groups excluding carboxylic acids is 1. The van der Waals surface area contributed by atoms with Crippen LogP contribution in [0.25, 0.3) is 0 Å². The van der Waals surface area contributed by atoms with Gasteiger partial charge in [-0.15, -0.1) is 11.3 Å². The van der Waals surface area contributed by atoms with Crippen LogP contribution >= 0.6 is 11.3 Å². The van der Waals surface area contributed by atoms with Gasteiger partial charge in [-0.1, -0.05) is 0 Å². The van der Waals surface area contributed by atoms with Crippen LogP contribution < -0.4 is 11.5 Å². The highest BCUT2D eigenvalue weighted by Gasteiger charge is 2.02. The Balaban J connectivity index is 2.67. The minimum atomic E-state index is -0.630. The molecule has 3 N–H and O–H groups in total. The third-order valence-electron chi connectivity index (χ3n) is 0.881. The molecule has 5 heteroatoms. The van der Waals surface area contributed by atoms with Crippen LogP contribution in [0, 0.1) is 0 Å². The summed E-state index contributed by atoms with van der Waals surface area (Å²) in [7, 11) is 0. The summed E-state index contributed by atoms with van der Waals surface area (Å²) in [5.74, 6) is -0.212. The molecule has 0 saturated carbocycles. The molecule has 0 saturated heterocycles. The van der Waals surface area contributed by atoms with Gasteiger partial charge in [0.25, 0.3) is 0 Å². The fourth-order valence-electron chi connectivity index (χ4n) is 0.544. The second kappa shape index (κ2) is 2.66. The number of thiazole rings is 1. The van der Waals surface area contributed by atoms with Gasteiger partial charge in [-0.2, -0.15) is 0 Å². The van der Waals surface area contributed by atoms with Crippen molar-refractivity contribution < 1.29 is 4.79 Å². The largest absolute Gasteiger partial charge is 0.383 e. The highest BCUT2D eigenvalue weighted by molar-refractivity contribution is 7.10. The molecule has 53 valence electrons. The van der Waals surface area contributed by atoms with Gasteiger partial charge in [0.15, 0.2) is 0 Å². The number of amides is 1. The Bertz CT molecular complexity index is 245. The molecule has 4 nitrogen and oxygen atoms in total. The number of nitrogen functional groups attached to an aromatic ring is 1. The van der Waals surface area contributed by atoms with Crippen molar-refractivity contribution in [1.82, 2.24) is 10.7 Å². The number of anilines is 1. The van der Waals surface area contributed by atoms with Gasteiger partial charge in [0.05, 0.1) is 6.42 Å². The molecule has 1 aromatic rings. The maximum atomic E-state index is 10.2. The normalized spacial score (nSPS) is 9.60. The molecule has 0 bridgehead atoms. The molecule has 10 heavy (non-hydrogen) atoms. The zero-order valence-corrected chi connectivity index (χ0v) is 5.94. The molecule has 1 rings (SSSR count). The summed E-state index contributed by atoms with van der Waals surface area (Å²) in [6, 6.07) is 0. The first kappa shape index (κ1) is 7.01. The van der Waals surface area contributed by atoms with Crippen LogP contribution in [0.4, 0.5) is 5.82 Å². The molecule has 0 aliphatic rings. The van der Waals surface area contributed by atoms with Crippen LogP contribution in [-0.2, 0) is 11.2 Å². The predicted molar refractivity (Wildman–Crippen MR) is 38.3 cm³/mol. The molecule has 1 radical (unpaired) electrons. The lowest BCUT2D eigenvalue weighted by atomic mass is 10.4. The Kier molecular flexibility index (Phi) is 1.86. The minimum Gasteiger partial charge on any atom is -0.383 e.